The van der Waals surface area contributed by atoms with Gasteiger partial charge in [-0.05, 0) is 68.4 Å². The average Bonchev–Trinajstić information content (AvgIpc) is 3.03. The third-order valence-corrected chi connectivity index (χ3v) is 5.30. The summed E-state index contributed by atoms with van der Waals surface area (Å²) in [6.45, 7) is 0.953. The number of amides is 1. The van der Waals surface area contributed by atoms with E-state index in [0.717, 1.165) is 48.6 Å². The quantitative estimate of drug-likeness (QED) is 0.629. The molecule has 1 amide bonds. The van der Waals surface area contributed by atoms with Crippen LogP contribution < -0.4 is 4.90 Å². The summed E-state index contributed by atoms with van der Waals surface area (Å²) < 4.78 is 53.6. The lowest BCUT2D eigenvalue weighted by Gasteiger charge is -2.28. The van der Waals surface area contributed by atoms with Crippen LogP contribution in [0.25, 0.3) is 11.1 Å². The lowest BCUT2D eigenvalue weighted by molar-refractivity contribution is -0.137. The molecule has 0 spiro atoms. The molecule has 1 fully saturated rings. The second kappa shape index (κ2) is 8.20. The molecule has 2 aromatic rings. The number of carboxylic acid groups (broad SMARTS) is 1. The van der Waals surface area contributed by atoms with Gasteiger partial charge in [-0.25, -0.2) is 9.18 Å². The first-order valence-electron chi connectivity index (χ1n) is 8.94. The maximum Gasteiger partial charge on any atom is 0.416 e. The highest BCUT2D eigenvalue weighted by Gasteiger charge is 2.32. The Labute approximate surface area is 170 Å². The van der Waals surface area contributed by atoms with E-state index in [-0.39, 0.29) is 34.4 Å². The molecular formula is C20H19ClF4N2O2. The zero-order valence-corrected chi connectivity index (χ0v) is 16.3. The van der Waals surface area contributed by atoms with Gasteiger partial charge in [0.05, 0.1) is 11.3 Å². The van der Waals surface area contributed by atoms with Crippen molar-refractivity contribution in [3.63, 3.8) is 0 Å². The zero-order chi connectivity index (χ0) is 21.3. The summed E-state index contributed by atoms with van der Waals surface area (Å²) in [5.74, 6) is -0.694. The molecule has 1 saturated heterocycles. The Morgan fingerprint density at radius 1 is 1.28 bits per heavy atom. The van der Waals surface area contributed by atoms with Gasteiger partial charge >= 0.3 is 12.3 Å². The van der Waals surface area contributed by atoms with Gasteiger partial charge in [-0.2, -0.15) is 13.2 Å². The SMILES string of the molecule is CN1CCCC1CN(C(=O)O)c1ccc(F)cc1-c1cc(Cl)cc(C(F)(F)F)c1. The van der Waals surface area contributed by atoms with Crippen molar-refractivity contribution in [3.05, 3.63) is 52.8 Å². The second-order valence-corrected chi connectivity index (χ2v) is 7.49. The van der Waals surface area contributed by atoms with E-state index in [1.54, 1.807) is 0 Å². The third-order valence-electron chi connectivity index (χ3n) is 5.08. The van der Waals surface area contributed by atoms with Crippen molar-refractivity contribution in [2.24, 2.45) is 0 Å². The van der Waals surface area contributed by atoms with Gasteiger partial charge in [0, 0.05) is 23.2 Å². The Hall–Kier alpha value is -2.32. The fraction of sp³-hybridized carbons (Fsp3) is 0.350. The van der Waals surface area contributed by atoms with Crippen LogP contribution in [0.2, 0.25) is 5.02 Å². The van der Waals surface area contributed by atoms with Crippen LogP contribution in [0.1, 0.15) is 18.4 Å². The number of benzene rings is 2. The van der Waals surface area contributed by atoms with Crippen LogP contribution in [0.15, 0.2) is 36.4 Å². The Morgan fingerprint density at radius 3 is 2.59 bits per heavy atom. The minimum Gasteiger partial charge on any atom is -0.465 e. The Balaban J connectivity index is 2.10. The number of hydrogen-bond acceptors (Lipinski definition) is 2. The maximum atomic E-state index is 14.0. The molecule has 1 aliphatic heterocycles. The van der Waals surface area contributed by atoms with E-state index in [1.807, 2.05) is 11.9 Å². The summed E-state index contributed by atoms with van der Waals surface area (Å²) in [4.78, 5) is 15.0. The standard InChI is InChI=1S/C20H19ClF4N2O2/c1-26-6-2-3-16(26)11-27(19(28)29)18-5-4-15(22)10-17(18)12-7-13(20(23,24)25)9-14(21)8-12/h4-5,7-10,16H,2-3,6,11H2,1H3,(H,28,29). The molecule has 9 heteroatoms. The lowest BCUT2D eigenvalue weighted by Crippen LogP contribution is -2.41. The summed E-state index contributed by atoms with van der Waals surface area (Å²) in [6.07, 6.45) is -4.19. The molecule has 3 rings (SSSR count). The molecule has 0 radical (unpaired) electrons. The van der Waals surface area contributed by atoms with E-state index in [4.69, 9.17) is 11.6 Å². The monoisotopic (exact) mass is 430 g/mol. The van der Waals surface area contributed by atoms with Gasteiger partial charge in [0.2, 0.25) is 0 Å². The predicted octanol–water partition coefficient (Wildman–Crippen LogP) is 5.74. The van der Waals surface area contributed by atoms with Crippen molar-refractivity contribution >= 4 is 23.4 Å². The van der Waals surface area contributed by atoms with Crippen molar-refractivity contribution < 1.29 is 27.5 Å². The zero-order valence-electron chi connectivity index (χ0n) is 15.5. The molecule has 1 unspecified atom stereocenters. The highest BCUT2D eigenvalue weighted by molar-refractivity contribution is 6.31. The summed E-state index contributed by atoms with van der Waals surface area (Å²) in [7, 11) is 1.88. The van der Waals surface area contributed by atoms with Crippen molar-refractivity contribution in [2.75, 3.05) is 25.0 Å². The molecule has 29 heavy (non-hydrogen) atoms. The van der Waals surface area contributed by atoms with E-state index in [2.05, 4.69) is 0 Å². The number of likely N-dealkylation sites (tertiary alicyclic amines) is 1. The summed E-state index contributed by atoms with van der Waals surface area (Å²) in [6, 6.07) is 6.21. The highest BCUT2D eigenvalue weighted by Crippen LogP contribution is 2.38. The third kappa shape index (κ3) is 4.82. The fourth-order valence-corrected chi connectivity index (χ4v) is 3.82. The molecule has 0 saturated carbocycles. The number of hydrogen-bond donors (Lipinski definition) is 1. The van der Waals surface area contributed by atoms with E-state index in [1.165, 1.54) is 12.1 Å². The van der Waals surface area contributed by atoms with Crippen LogP contribution in [0, 0.1) is 5.82 Å². The van der Waals surface area contributed by atoms with E-state index in [0.29, 0.717) is 0 Å². The van der Waals surface area contributed by atoms with Crippen LogP contribution in [0.3, 0.4) is 0 Å². The normalized spacial score (nSPS) is 17.5. The predicted molar refractivity (Wildman–Crippen MR) is 103 cm³/mol. The summed E-state index contributed by atoms with van der Waals surface area (Å²) in [5.41, 5.74) is -0.867. The molecule has 0 bridgehead atoms. The fourth-order valence-electron chi connectivity index (χ4n) is 3.58. The van der Waals surface area contributed by atoms with E-state index < -0.39 is 23.7 Å². The number of anilines is 1. The molecule has 4 nitrogen and oxygen atoms in total. The molecule has 2 aromatic carbocycles. The van der Waals surface area contributed by atoms with E-state index >= 15 is 0 Å². The van der Waals surface area contributed by atoms with Gasteiger partial charge in [0.15, 0.2) is 0 Å². The molecule has 1 atom stereocenters. The number of halogens is 5. The molecule has 1 heterocycles. The Kier molecular flexibility index (Phi) is 6.05. The second-order valence-electron chi connectivity index (χ2n) is 7.06. The average molecular weight is 431 g/mol. The first-order valence-corrected chi connectivity index (χ1v) is 9.32. The molecular weight excluding hydrogens is 412 g/mol. The molecule has 1 aliphatic rings. The Morgan fingerprint density at radius 2 is 2.00 bits per heavy atom. The molecule has 156 valence electrons. The lowest BCUT2D eigenvalue weighted by atomic mass is 10.00. The van der Waals surface area contributed by atoms with E-state index in [9.17, 15) is 27.5 Å². The van der Waals surface area contributed by atoms with Crippen LogP contribution >= 0.6 is 11.6 Å². The smallest absolute Gasteiger partial charge is 0.416 e. The van der Waals surface area contributed by atoms with Crippen LogP contribution in [0.4, 0.5) is 28.0 Å². The number of carbonyl (C=O) groups is 1. The van der Waals surface area contributed by atoms with Crippen molar-refractivity contribution in [1.82, 2.24) is 4.90 Å². The maximum absolute atomic E-state index is 14.0. The van der Waals surface area contributed by atoms with Crippen LogP contribution in [-0.2, 0) is 6.18 Å². The first kappa shape index (κ1) is 21.4. The van der Waals surface area contributed by atoms with Gasteiger partial charge in [0.1, 0.15) is 5.82 Å². The van der Waals surface area contributed by atoms with Crippen molar-refractivity contribution in [2.45, 2.75) is 25.1 Å². The summed E-state index contributed by atoms with van der Waals surface area (Å²) >= 11 is 5.87. The first-order chi connectivity index (χ1) is 13.6. The topological polar surface area (TPSA) is 43.8 Å². The van der Waals surface area contributed by atoms with Gasteiger partial charge in [0.25, 0.3) is 0 Å². The van der Waals surface area contributed by atoms with Crippen molar-refractivity contribution in [1.29, 1.82) is 0 Å². The number of likely N-dealkylation sites (N-methyl/N-ethyl adjacent to an activating group) is 1. The highest BCUT2D eigenvalue weighted by atomic mass is 35.5. The van der Waals surface area contributed by atoms with Crippen LogP contribution in [-0.4, -0.2) is 42.3 Å². The van der Waals surface area contributed by atoms with Gasteiger partial charge in [-0.1, -0.05) is 11.6 Å². The Bertz CT molecular complexity index is 920. The molecule has 1 N–H and O–H groups in total. The minimum absolute atomic E-state index is 0.00893. The summed E-state index contributed by atoms with van der Waals surface area (Å²) in [5, 5.41) is 9.58. The minimum atomic E-state index is -4.65. The van der Waals surface area contributed by atoms with Gasteiger partial charge in [-0.15, -0.1) is 0 Å². The van der Waals surface area contributed by atoms with Gasteiger partial charge < -0.3 is 10.0 Å². The number of alkyl halides is 3. The largest absolute Gasteiger partial charge is 0.465 e. The number of rotatable bonds is 4. The number of nitrogens with zero attached hydrogens (tertiary/aromatic N) is 2. The molecule has 0 aromatic heterocycles. The molecule has 0 aliphatic carbocycles. The van der Waals surface area contributed by atoms with Crippen LogP contribution in [0.5, 0.6) is 0 Å². The van der Waals surface area contributed by atoms with Gasteiger partial charge in [-0.3, -0.25) is 4.90 Å². The van der Waals surface area contributed by atoms with Crippen molar-refractivity contribution in [3.8, 4) is 11.1 Å².